The predicted octanol–water partition coefficient (Wildman–Crippen LogP) is 6.79. The summed E-state index contributed by atoms with van der Waals surface area (Å²) in [4.78, 5) is 25.1. The van der Waals surface area contributed by atoms with E-state index in [9.17, 15) is 14.9 Å². The lowest BCUT2D eigenvalue weighted by Gasteiger charge is -2.13. The number of aryl methyl sites for hydroxylation is 2. The summed E-state index contributed by atoms with van der Waals surface area (Å²) in [6.45, 7) is 7.41. The Labute approximate surface area is 220 Å². The van der Waals surface area contributed by atoms with Gasteiger partial charge in [0.05, 0.1) is 10.0 Å². The molecule has 0 aromatic heterocycles. The molecular weight excluding hydrogens is 497 g/mol. The van der Waals surface area contributed by atoms with Gasteiger partial charge in [-0.25, -0.2) is 0 Å². The van der Waals surface area contributed by atoms with Gasteiger partial charge >= 0.3 is 0 Å². The predicted molar refractivity (Wildman–Crippen MR) is 145 cm³/mol. The molecule has 0 spiro atoms. The smallest absolute Gasteiger partial charge is 0.266 e. The fraction of sp³-hybridized carbons (Fsp3) is 0.179. The summed E-state index contributed by atoms with van der Waals surface area (Å²) in [6.07, 6.45) is 1.38. The Morgan fingerprint density at radius 1 is 0.917 bits per heavy atom. The van der Waals surface area contributed by atoms with Gasteiger partial charge in [-0.2, -0.15) is 5.26 Å². The van der Waals surface area contributed by atoms with Crippen LogP contribution in [0.3, 0.4) is 0 Å². The molecule has 36 heavy (non-hydrogen) atoms. The number of hydrogen-bond donors (Lipinski definition) is 2. The van der Waals surface area contributed by atoms with E-state index >= 15 is 0 Å². The van der Waals surface area contributed by atoms with Crippen LogP contribution in [0.25, 0.3) is 6.08 Å². The van der Waals surface area contributed by atoms with E-state index in [0.29, 0.717) is 16.9 Å². The number of ether oxygens (including phenoxy) is 1. The highest BCUT2D eigenvalue weighted by Crippen LogP contribution is 2.35. The van der Waals surface area contributed by atoms with Crippen molar-refractivity contribution >= 4 is 52.5 Å². The molecular formula is C28H25Cl2N3O3. The molecule has 3 aromatic carbocycles. The minimum atomic E-state index is -0.554. The third-order valence-electron chi connectivity index (χ3n) is 5.78. The number of benzene rings is 3. The molecule has 3 rings (SSSR count). The highest BCUT2D eigenvalue weighted by Gasteiger charge is 2.15. The summed E-state index contributed by atoms with van der Waals surface area (Å²) in [5, 5.41) is 15.4. The first kappa shape index (κ1) is 26.8. The van der Waals surface area contributed by atoms with E-state index in [1.165, 1.54) is 18.2 Å². The van der Waals surface area contributed by atoms with Crippen LogP contribution in [-0.4, -0.2) is 18.4 Å². The SMILES string of the molecule is Cc1cccc(NC(=O)COc2c(Cl)cc(/C=C(/C#N)C(=O)Nc3cccc(C)c3C)cc2Cl)c1C. The Morgan fingerprint density at radius 2 is 1.44 bits per heavy atom. The molecule has 0 radical (unpaired) electrons. The average molecular weight is 522 g/mol. The molecule has 0 aliphatic heterocycles. The molecule has 0 saturated heterocycles. The van der Waals surface area contributed by atoms with Crippen molar-refractivity contribution in [3.8, 4) is 11.8 Å². The van der Waals surface area contributed by atoms with E-state index in [1.807, 2.05) is 64.1 Å². The summed E-state index contributed by atoms with van der Waals surface area (Å²) in [5.74, 6) is -0.790. The molecule has 0 saturated carbocycles. The van der Waals surface area contributed by atoms with Crippen LogP contribution in [0, 0.1) is 39.0 Å². The Kier molecular flexibility index (Phi) is 8.76. The van der Waals surface area contributed by atoms with E-state index in [4.69, 9.17) is 27.9 Å². The maximum atomic E-state index is 12.7. The quantitative estimate of drug-likeness (QED) is 0.264. The van der Waals surface area contributed by atoms with Crippen LogP contribution >= 0.6 is 23.2 Å². The van der Waals surface area contributed by atoms with Crippen LogP contribution in [-0.2, 0) is 9.59 Å². The Morgan fingerprint density at radius 3 is 1.97 bits per heavy atom. The molecule has 2 amide bonds. The fourth-order valence-corrected chi connectivity index (χ4v) is 4.02. The van der Waals surface area contributed by atoms with Gasteiger partial charge in [0.2, 0.25) is 0 Å². The van der Waals surface area contributed by atoms with Gasteiger partial charge in [-0.15, -0.1) is 0 Å². The van der Waals surface area contributed by atoms with Gasteiger partial charge in [-0.1, -0.05) is 47.5 Å². The van der Waals surface area contributed by atoms with E-state index in [-0.39, 0.29) is 33.9 Å². The van der Waals surface area contributed by atoms with Gasteiger partial charge in [0.1, 0.15) is 11.6 Å². The number of rotatable bonds is 7. The summed E-state index contributed by atoms with van der Waals surface area (Å²) in [7, 11) is 0. The van der Waals surface area contributed by atoms with E-state index < -0.39 is 5.91 Å². The largest absolute Gasteiger partial charge is 0.481 e. The van der Waals surface area contributed by atoms with Crippen molar-refractivity contribution in [3.05, 3.63) is 92.0 Å². The van der Waals surface area contributed by atoms with Crippen LogP contribution in [0.15, 0.2) is 54.1 Å². The summed E-state index contributed by atoms with van der Waals surface area (Å²) in [6, 6.07) is 16.1. The molecule has 0 heterocycles. The zero-order valence-corrected chi connectivity index (χ0v) is 21.8. The third-order valence-corrected chi connectivity index (χ3v) is 6.34. The van der Waals surface area contributed by atoms with Crippen LogP contribution in [0.2, 0.25) is 10.0 Å². The zero-order chi connectivity index (χ0) is 26.4. The summed E-state index contributed by atoms with van der Waals surface area (Å²) in [5.41, 5.74) is 5.60. The first-order chi connectivity index (χ1) is 17.1. The molecule has 0 aliphatic carbocycles. The number of carbonyl (C=O) groups excluding carboxylic acids is 2. The highest BCUT2D eigenvalue weighted by atomic mass is 35.5. The van der Waals surface area contributed by atoms with Crippen molar-refractivity contribution in [2.45, 2.75) is 27.7 Å². The van der Waals surface area contributed by atoms with Crippen molar-refractivity contribution in [2.24, 2.45) is 0 Å². The van der Waals surface area contributed by atoms with Crippen molar-refractivity contribution in [2.75, 3.05) is 17.2 Å². The summed E-state index contributed by atoms with van der Waals surface area (Å²) >= 11 is 12.7. The number of anilines is 2. The second-order valence-corrected chi connectivity index (χ2v) is 9.08. The maximum absolute atomic E-state index is 12.7. The Hall–Kier alpha value is -3.79. The lowest BCUT2D eigenvalue weighted by molar-refractivity contribution is -0.118. The third kappa shape index (κ3) is 6.45. The number of hydrogen-bond acceptors (Lipinski definition) is 4. The van der Waals surface area contributed by atoms with Gasteiger partial charge in [-0.05, 0) is 85.9 Å². The van der Waals surface area contributed by atoms with Crippen LogP contribution < -0.4 is 15.4 Å². The maximum Gasteiger partial charge on any atom is 0.266 e. The lowest BCUT2D eigenvalue weighted by Crippen LogP contribution is -2.21. The van der Waals surface area contributed by atoms with E-state index in [1.54, 1.807) is 6.07 Å². The number of nitrogens with zero attached hydrogens (tertiary/aromatic N) is 1. The second-order valence-electron chi connectivity index (χ2n) is 8.27. The number of amides is 2. The standard InChI is InChI=1S/C28H25Cl2N3O3/c1-16-7-5-9-24(18(16)3)32-26(34)15-36-27-22(29)12-20(13-23(27)30)11-21(14-31)28(35)33-25-10-6-8-17(2)19(25)4/h5-13H,15H2,1-4H3,(H,32,34)(H,33,35)/b21-11-. The number of halogens is 2. The van der Waals surface area contributed by atoms with Crippen molar-refractivity contribution in [3.63, 3.8) is 0 Å². The molecule has 0 aliphatic rings. The van der Waals surface area contributed by atoms with Gasteiger partial charge in [-0.3, -0.25) is 9.59 Å². The Bertz CT molecular complexity index is 1380. The summed E-state index contributed by atoms with van der Waals surface area (Å²) < 4.78 is 5.57. The second kappa shape index (κ2) is 11.8. The van der Waals surface area contributed by atoms with Crippen LogP contribution in [0.4, 0.5) is 11.4 Å². The first-order valence-electron chi connectivity index (χ1n) is 11.1. The lowest BCUT2D eigenvalue weighted by atomic mass is 10.1. The van der Waals surface area contributed by atoms with Gasteiger partial charge in [0, 0.05) is 11.4 Å². The number of nitriles is 1. The normalized spacial score (nSPS) is 11.0. The van der Waals surface area contributed by atoms with Crippen LogP contribution in [0.5, 0.6) is 5.75 Å². The molecule has 0 atom stereocenters. The molecule has 6 nitrogen and oxygen atoms in total. The number of carbonyl (C=O) groups is 2. The average Bonchev–Trinajstić information content (AvgIpc) is 2.82. The molecule has 0 unspecified atom stereocenters. The Balaban J connectivity index is 1.72. The van der Waals surface area contributed by atoms with Crippen molar-refractivity contribution in [1.29, 1.82) is 5.26 Å². The minimum Gasteiger partial charge on any atom is -0.481 e. The number of nitrogens with one attached hydrogen (secondary N) is 2. The molecule has 0 bridgehead atoms. The fourth-order valence-electron chi connectivity index (χ4n) is 3.40. The molecule has 2 N–H and O–H groups in total. The van der Waals surface area contributed by atoms with Crippen molar-refractivity contribution in [1.82, 2.24) is 0 Å². The van der Waals surface area contributed by atoms with Crippen LogP contribution in [0.1, 0.15) is 27.8 Å². The minimum absolute atomic E-state index is 0.121. The molecule has 8 heteroatoms. The molecule has 3 aromatic rings. The van der Waals surface area contributed by atoms with Gasteiger partial charge in [0.25, 0.3) is 11.8 Å². The van der Waals surface area contributed by atoms with Crippen molar-refractivity contribution < 1.29 is 14.3 Å². The van der Waals surface area contributed by atoms with E-state index in [2.05, 4.69) is 10.6 Å². The zero-order valence-electron chi connectivity index (χ0n) is 20.3. The molecule has 0 fully saturated rings. The van der Waals surface area contributed by atoms with E-state index in [0.717, 1.165) is 22.3 Å². The van der Waals surface area contributed by atoms with Gasteiger partial charge < -0.3 is 15.4 Å². The highest BCUT2D eigenvalue weighted by molar-refractivity contribution is 6.37. The first-order valence-corrected chi connectivity index (χ1v) is 11.8. The van der Waals surface area contributed by atoms with Gasteiger partial charge in [0.15, 0.2) is 12.4 Å². The monoisotopic (exact) mass is 521 g/mol. The topological polar surface area (TPSA) is 91.2 Å². The molecule has 184 valence electrons.